The van der Waals surface area contributed by atoms with Crippen molar-refractivity contribution in [3.63, 3.8) is 0 Å². The summed E-state index contributed by atoms with van der Waals surface area (Å²) in [6.07, 6.45) is 1.86. The van der Waals surface area contributed by atoms with Crippen LogP contribution in [0.3, 0.4) is 0 Å². The van der Waals surface area contributed by atoms with E-state index in [0.29, 0.717) is 0 Å². The molecule has 0 radical (unpaired) electrons. The monoisotopic (exact) mass is 612 g/mol. The highest BCUT2D eigenvalue weighted by molar-refractivity contribution is 6.22. The van der Waals surface area contributed by atoms with Crippen molar-refractivity contribution in [2.75, 3.05) is 0 Å². The van der Waals surface area contributed by atoms with E-state index in [1.54, 1.807) is 0 Å². The summed E-state index contributed by atoms with van der Waals surface area (Å²) in [7, 11) is 0. The zero-order chi connectivity index (χ0) is 31.6. The van der Waals surface area contributed by atoms with Crippen molar-refractivity contribution < 1.29 is 0 Å². The number of aromatic nitrogens is 4. The molecule has 4 nitrogen and oxygen atoms in total. The van der Waals surface area contributed by atoms with Crippen molar-refractivity contribution in [2.45, 2.75) is 0 Å². The van der Waals surface area contributed by atoms with Gasteiger partial charge in [0.1, 0.15) is 11.6 Å². The van der Waals surface area contributed by atoms with Crippen LogP contribution in [0.4, 0.5) is 0 Å². The lowest BCUT2D eigenvalue weighted by Gasteiger charge is -2.13. The van der Waals surface area contributed by atoms with E-state index in [1.165, 1.54) is 38.1 Å². The van der Waals surface area contributed by atoms with Gasteiger partial charge >= 0.3 is 0 Å². The standard InChI is InChI=1S/C44H28N4/c1-3-13-29(14-4-1)30-22-24-32(25-23-30)44-46-42(31-15-5-2-6-16-31)43-37-27-36-34-18-8-9-19-38(34)47(41-21-11-12-26-45-41)40(36)28-35(37)33-17-7-10-20-39(33)48(43)44/h1-28H. The molecule has 10 rings (SSSR count). The fourth-order valence-electron chi connectivity index (χ4n) is 7.40. The van der Waals surface area contributed by atoms with Crippen molar-refractivity contribution in [3.05, 3.63) is 170 Å². The second-order valence-electron chi connectivity index (χ2n) is 12.3. The Hall–Kier alpha value is -6.52. The van der Waals surface area contributed by atoms with Gasteiger partial charge in [-0.05, 0) is 52.9 Å². The Kier molecular flexibility index (Phi) is 5.84. The molecule has 0 saturated carbocycles. The van der Waals surface area contributed by atoms with Gasteiger partial charge < -0.3 is 0 Å². The summed E-state index contributed by atoms with van der Waals surface area (Å²) in [5, 5.41) is 5.93. The van der Waals surface area contributed by atoms with Crippen LogP contribution in [-0.2, 0) is 0 Å². The van der Waals surface area contributed by atoms with Crippen LogP contribution in [0, 0.1) is 0 Å². The van der Waals surface area contributed by atoms with Crippen molar-refractivity contribution in [2.24, 2.45) is 0 Å². The van der Waals surface area contributed by atoms with Gasteiger partial charge in [-0.3, -0.25) is 8.97 Å². The number of rotatable bonds is 4. The third-order valence-electron chi connectivity index (χ3n) is 9.56. The van der Waals surface area contributed by atoms with Crippen LogP contribution in [0.25, 0.3) is 88.6 Å². The van der Waals surface area contributed by atoms with E-state index in [2.05, 4.69) is 167 Å². The van der Waals surface area contributed by atoms with E-state index < -0.39 is 0 Å². The number of hydrogen-bond donors (Lipinski definition) is 0. The van der Waals surface area contributed by atoms with Crippen molar-refractivity contribution >= 4 is 49.0 Å². The van der Waals surface area contributed by atoms with Crippen LogP contribution in [0.15, 0.2) is 170 Å². The Labute approximate surface area is 276 Å². The van der Waals surface area contributed by atoms with Crippen LogP contribution in [0.2, 0.25) is 0 Å². The molecule has 4 heteroatoms. The molecule has 0 spiro atoms. The molecule has 0 saturated heterocycles. The van der Waals surface area contributed by atoms with Crippen molar-refractivity contribution in [1.29, 1.82) is 0 Å². The third-order valence-corrected chi connectivity index (χ3v) is 9.56. The van der Waals surface area contributed by atoms with E-state index >= 15 is 0 Å². The normalized spacial score (nSPS) is 11.8. The molecule has 0 aliphatic heterocycles. The number of para-hydroxylation sites is 2. The Balaban J connectivity index is 1.35. The lowest BCUT2D eigenvalue weighted by atomic mass is 9.99. The first kappa shape index (κ1) is 26.7. The third kappa shape index (κ3) is 3.96. The topological polar surface area (TPSA) is 35.1 Å². The van der Waals surface area contributed by atoms with Gasteiger partial charge in [-0.25, -0.2) is 9.97 Å². The van der Waals surface area contributed by atoms with Crippen LogP contribution >= 0.6 is 0 Å². The Morgan fingerprint density at radius 3 is 1.73 bits per heavy atom. The minimum absolute atomic E-state index is 0.906. The van der Waals surface area contributed by atoms with Gasteiger partial charge in [-0.1, -0.05) is 127 Å². The summed E-state index contributed by atoms with van der Waals surface area (Å²) in [6, 6.07) is 58.1. The molecule has 224 valence electrons. The largest absolute Gasteiger partial charge is 0.294 e. The lowest BCUT2D eigenvalue weighted by Crippen LogP contribution is -1.97. The molecular formula is C44H28N4. The number of nitrogens with zero attached hydrogens (tertiary/aromatic N) is 4. The summed E-state index contributed by atoms with van der Waals surface area (Å²) >= 11 is 0. The molecule has 0 aliphatic carbocycles. The maximum absolute atomic E-state index is 5.48. The van der Waals surface area contributed by atoms with Crippen LogP contribution < -0.4 is 0 Å². The Morgan fingerprint density at radius 1 is 0.396 bits per heavy atom. The molecule has 4 heterocycles. The molecule has 0 bridgehead atoms. The van der Waals surface area contributed by atoms with Gasteiger partial charge in [0.05, 0.1) is 27.8 Å². The van der Waals surface area contributed by atoms with Gasteiger partial charge in [0.25, 0.3) is 0 Å². The highest BCUT2D eigenvalue weighted by Crippen LogP contribution is 2.42. The van der Waals surface area contributed by atoms with Crippen molar-refractivity contribution in [1.82, 2.24) is 18.9 Å². The molecule has 0 fully saturated rings. The van der Waals surface area contributed by atoms with Gasteiger partial charge in [0.15, 0.2) is 0 Å². The Morgan fingerprint density at radius 2 is 1.00 bits per heavy atom. The fraction of sp³-hybridized carbons (Fsp3) is 0. The molecule has 0 atom stereocenters. The zero-order valence-electron chi connectivity index (χ0n) is 26.0. The van der Waals surface area contributed by atoms with E-state index in [0.717, 1.165) is 50.5 Å². The van der Waals surface area contributed by atoms with Gasteiger partial charge in [0.2, 0.25) is 0 Å². The summed E-state index contributed by atoms with van der Waals surface area (Å²) in [5.74, 6) is 1.83. The number of benzene rings is 6. The maximum Gasteiger partial charge on any atom is 0.145 e. The van der Waals surface area contributed by atoms with E-state index in [1.807, 2.05) is 12.3 Å². The quantitative estimate of drug-likeness (QED) is 0.185. The molecule has 0 N–H and O–H groups in total. The summed E-state index contributed by atoms with van der Waals surface area (Å²) in [6.45, 7) is 0. The van der Waals surface area contributed by atoms with Crippen LogP contribution in [0.1, 0.15) is 0 Å². The number of hydrogen-bond acceptors (Lipinski definition) is 2. The number of pyridine rings is 2. The summed E-state index contributed by atoms with van der Waals surface area (Å²) in [4.78, 5) is 10.3. The second-order valence-corrected chi connectivity index (χ2v) is 12.3. The van der Waals surface area contributed by atoms with Crippen molar-refractivity contribution in [3.8, 4) is 39.6 Å². The SMILES string of the molecule is c1ccc(-c2ccc(-c3nc(-c4ccccc4)c4c5cc6c7ccccc7n(-c7ccccn7)c6cc5c5ccccc5n34)cc2)cc1. The molecule has 0 unspecified atom stereocenters. The minimum Gasteiger partial charge on any atom is -0.294 e. The molecule has 6 aromatic carbocycles. The van der Waals surface area contributed by atoms with Crippen LogP contribution in [0.5, 0.6) is 0 Å². The highest BCUT2D eigenvalue weighted by Gasteiger charge is 2.22. The molecular weight excluding hydrogens is 585 g/mol. The number of imidazole rings is 1. The summed E-state index contributed by atoms with van der Waals surface area (Å²) in [5.41, 5.74) is 10.0. The molecule has 10 aromatic rings. The van der Waals surface area contributed by atoms with E-state index in [9.17, 15) is 0 Å². The molecule has 0 aliphatic rings. The van der Waals surface area contributed by atoms with Gasteiger partial charge in [-0.2, -0.15) is 0 Å². The maximum atomic E-state index is 5.48. The van der Waals surface area contributed by atoms with Gasteiger partial charge in [0, 0.05) is 38.9 Å². The first-order valence-corrected chi connectivity index (χ1v) is 16.3. The minimum atomic E-state index is 0.906. The van der Waals surface area contributed by atoms with E-state index in [-0.39, 0.29) is 0 Å². The first-order valence-electron chi connectivity index (χ1n) is 16.3. The summed E-state index contributed by atoms with van der Waals surface area (Å²) < 4.78 is 4.67. The number of fused-ring (bicyclic) bond motifs is 9. The first-order chi connectivity index (χ1) is 23.8. The lowest BCUT2D eigenvalue weighted by molar-refractivity contribution is 1.08. The average molecular weight is 613 g/mol. The smallest absolute Gasteiger partial charge is 0.145 e. The highest BCUT2D eigenvalue weighted by atomic mass is 15.1. The zero-order valence-corrected chi connectivity index (χ0v) is 26.0. The Bertz CT molecular complexity index is 2800. The van der Waals surface area contributed by atoms with Gasteiger partial charge in [-0.15, -0.1) is 0 Å². The predicted octanol–water partition coefficient (Wildman–Crippen LogP) is 11.1. The molecule has 0 amide bonds. The fourth-order valence-corrected chi connectivity index (χ4v) is 7.40. The molecule has 4 aromatic heterocycles. The molecule has 48 heavy (non-hydrogen) atoms. The van der Waals surface area contributed by atoms with Crippen LogP contribution in [-0.4, -0.2) is 18.9 Å². The average Bonchev–Trinajstić information content (AvgIpc) is 3.72. The predicted molar refractivity (Wildman–Crippen MR) is 199 cm³/mol. The van der Waals surface area contributed by atoms with E-state index in [4.69, 9.17) is 9.97 Å². The second kappa shape index (κ2) is 10.5.